The number of aromatic amines is 1. The summed E-state index contributed by atoms with van der Waals surface area (Å²) >= 11 is 0. The van der Waals surface area contributed by atoms with Gasteiger partial charge >= 0.3 is 0 Å². The second-order valence-corrected chi connectivity index (χ2v) is 8.88. The van der Waals surface area contributed by atoms with Crippen molar-refractivity contribution in [1.82, 2.24) is 25.1 Å². The van der Waals surface area contributed by atoms with E-state index in [1.807, 2.05) is 6.92 Å². The summed E-state index contributed by atoms with van der Waals surface area (Å²) in [6.45, 7) is 4.70. The number of hydrogen-bond acceptors (Lipinski definition) is 9. The molecule has 13 heteroatoms. The Kier molecular flexibility index (Phi) is 9.40. The molecule has 0 bridgehead atoms. The van der Waals surface area contributed by atoms with Crippen molar-refractivity contribution in [3.05, 3.63) is 60.1 Å². The molecule has 0 saturated carbocycles. The molecule has 2 aromatic carbocycles. The van der Waals surface area contributed by atoms with E-state index in [0.29, 0.717) is 41.2 Å². The van der Waals surface area contributed by atoms with Gasteiger partial charge in [0.15, 0.2) is 29.0 Å². The maximum absolute atomic E-state index is 15.1. The second-order valence-electron chi connectivity index (χ2n) is 8.88. The van der Waals surface area contributed by atoms with E-state index in [-0.39, 0.29) is 30.4 Å². The van der Waals surface area contributed by atoms with Gasteiger partial charge in [0.25, 0.3) is 0 Å². The van der Waals surface area contributed by atoms with Gasteiger partial charge in [-0.05, 0) is 31.2 Å². The molecule has 4 aromatic rings. The Morgan fingerprint density at radius 3 is 2.70 bits per heavy atom. The van der Waals surface area contributed by atoms with Crippen molar-refractivity contribution in [2.24, 2.45) is 5.73 Å². The number of aliphatic hydroxyl groups is 1. The molecular formula is C27H31F2N7O4. The third-order valence-electron chi connectivity index (χ3n) is 6.23. The smallest absolute Gasteiger partial charge is 0.223 e. The highest BCUT2D eigenvalue weighted by Crippen LogP contribution is 2.41. The highest BCUT2D eigenvalue weighted by atomic mass is 19.2. The minimum absolute atomic E-state index is 0.0938. The number of carbonyl (C=O) groups is 1. The Morgan fingerprint density at radius 2 is 1.98 bits per heavy atom. The SMILES string of the molecule is CCN(CCO)CCCOc1cc2ncnc(N(c3cc(CC(N)=O)[nH]n3)c3cccc(F)c3F)c2cc1OC. The van der Waals surface area contributed by atoms with Gasteiger partial charge in [0.1, 0.15) is 12.1 Å². The fraction of sp³-hybridized carbons (Fsp3) is 0.333. The van der Waals surface area contributed by atoms with Gasteiger partial charge in [-0.15, -0.1) is 0 Å². The Balaban J connectivity index is 1.73. The van der Waals surface area contributed by atoms with E-state index in [9.17, 15) is 14.3 Å². The maximum Gasteiger partial charge on any atom is 0.223 e. The molecule has 0 atom stereocenters. The summed E-state index contributed by atoms with van der Waals surface area (Å²) in [4.78, 5) is 23.6. The number of amides is 1. The normalized spacial score (nSPS) is 11.2. The zero-order valence-electron chi connectivity index (χ0n) is 22.2. The van der Waals surface area contributed by atoms with Crippen molar-refractivity contribution in [3.63, 3.8) is 0 Å². The number of H-pyrrole nitrogens is 1. The van der Waals surface area contributed by atoms with Crippen LogP contribution in [0.5, 0.6) is 11.5 Å². The van der Waals surface area contributed by atoms with Crippen LogP contribution < -0.4 is 20.1 Å². The van der Waals surface area contributed by atoms with Crippen molar-refractivity contribution >= 4 is 34.1 Å². The van der Waals surface area contributed by atoms with Crippen LogP contribution in [0.4, 0.5) is 26.1 Å². The quantitative estimate of drug-likeness (QED) is 0.200. The molecule has 2 heterocycles. The number of benzene rings is 2. The van der Waals surface area contributed by atoms with Crippen molar-refractivity contribution < 1.29 is 28.2 Å². The number of aromatic nitrogens is 4. The van der Waals surface area contributed by atoms with Crippen LogP contribution in [0.3, 0.4) is 0 Å². The number of rotatable bonds is 14. The molecule has 0 aliphatic heterocycles. The number of carbonyl (C=O) groups excluding carboxylic acids is 1. The number of nitrogens with two attached hydrogens (primary N) is 1. The fourth-order valence-electron chi connectivity index (χ4n) is 4.29. The van der Waals surface area contributed by atoms with Crippen molar-refractivity contribution in [2.45, 2.75) is 19.8 Å². The average Bonchev–Trinajstić information content (AvgIpc) is 3.39. The van der Waals surface area contributed by atoms with Crippen LogP contribution in [-0.2, 0) is 11.2 Å². The first kappa shape index (κ1) is 28.6. The van der Waals surface area contributed by atoms with Gasteiger partial charge < -0.3 is 25.2 Å². The van der Waals surface area contributed by atoms with Crippen LogP contribution in [0.2, 0.25) is 0 Å². The summed E-state index contributed by atoms with van der Waals surface area (Å²) in [5, 5.41) is 16.5. The Labute approximate surface area is 229 Å². The van der Waals surface area contributed by atoms with Gasteiger partial charge in [0.05, 0.1) is 37.9 Å². The average molecular weight is 556 g/mol. The van der Waals surface area contributed by atoms with Crippen LogP contribution >= 0.6 is 0 Å². The highest BCUT2D eigenvalue weighted by Gasteiger charge is 2.25. The minimum Gasteiger partial charge on any atom is -0.493 e. The predicted molar refractivity (Wildman–Crippen MR) is 145 cm³/mol. The standard InChI is InChI=1S/C27H31F2N7O4/c1-3-35(9-10-37)8-5-11-40-23-15-20-18(14-22(23)39-2)27(32-16-31-20)36(21-7-4-6-19(28)26(21)29)25-13-17(33-34-25)12-24(30)38/h4,6-7,13-16,37H,3,5,8-12H2,1-2H3,(H2,30,38)(H,33,34). The number of ether oxygens (including phenoxy) is 2. The summed E-state index contributed by atoms with van der Waals surface area (Å²) in [5.74, 6) is -1.55. The van der Waals surface area contributed by atoms with Crippen molar-refractivity contribution in [1.29, 1.82) is 0 Å². The number of anilines is 3. The molecule has 0 aliphatic rings. The first-order valence-corrected chi connectivity index (χ1v) is 12.7. The zero-order valence-corrected chi connectivity index (χ0v) is 22.2. The third-order valence-corrected chi connectivity index (χ3v) is 6.23. The van der Waals surface area contributed by atoms with E-state index >= 15 is 4.39 Å². The number of methoxy groups -OCH3 is 1. The first-order valence-electron chi connectivity index (χ1n) is 12.7. The molecule has 4 rings (SSSR count). The number of fused-ring (bicyclic) bond motifs is 1. The second kappa shape index (κ2) is 13.1. The molecule has 4 N–H and O–H groups in total. The molecule has 0 saturated heterocycles. The molecule has 40 heavy (non-hydrogen) atoms. The summed E-state index contributed by atoms with van der Waals surface area (Å²) in [6.07, 6.45) is 1.90. The van der Waals surface area contributed by atoms with E-state index in [1.165, 1.54) is 36.5 Å². The molecule has 2 aromatic heterocycles. The molecule has 11 nitrogen and oxygen atoms in total. The number of likely N-dealkylation sites (N-methyl/N-ethyl adjacent to an activating group) is 1. The number of hydrogen-bond donors (Lipinski definition) is 3. The lowest BCUT2D eigenvalue weighted by Gasteiger charge is -2.23. The Hall–Kier alpha value is -4.36. The number of nitrogens with zero attached hydrogens (tertiary/aromatic N) is 5. The molecular weight excluding hydrogens is 524 g/mol. The third kappa shape index (κ3) is 6.43. The van der Waals surface area contributed by atoms with Crippen LogP contribution in [0.15, 0.2) is 42.7 Å². The van der Waals surface area contributed by atoms with Crippen molar-refractivity contribution in [3.8, 4) is 11.5 Å². The number of nitrogens with one attached hydrogen (secondary N) is 1. The van der Waals surface area contributed by atoms with Crippen LogP contribution in [-0.4, -0.2) is 76.0 Å². The molecule has 0 unspecified atom stereocenters. The van der Waals surface area contributed by atoms with Gasteiger partial charge in [-0.25, -0.2) is 18.7 Å². The van der Waals surface area contributed by atoms with E-state index < -0.39 is 17.5 Å². The molecule has 212 valence electrons. The molecule has 0 radical (unpaired) electrons. The number of halogens is 2. The minimum atomic E-state index is -1.11. The maximum atomic E-state index is 15.1. The van der Waals surface area contributed by atoms with Crippen LogP contribution in [0.1, 0.15) is 19.0 Å². The van der Waals surface area contributed by atoms with E-state index in [0.717, 1.165) is 25.6 Å². The predicted octanol–water partition coefficient (Wildman–Crippen LogP) is 3.22. The summed E-state index contributed by atoms with van der Waals surface area (Å²) in [7, 11) is 1.49. The molecule has 0 spiro atoms. The van der Waals surface area contributed by atoms with E-state index in [4.69, 9.17) is 15.2 Å². The number of primary amides is 1. The first-order chi connectivity index (χ1) is 19.4. The van der Waals surface area contributed by atoms with Crippen LogP contribution in [0.25, 0.3) is 10.9 Å². The molecule has 0 fully saturated rings. The van der Waals surface area contributed by atoms with E-state index in [2.05, 4.69) is 25.1 Å². The van der Waals surface area contributed by atoms with E-state index in [1.54, 1.807) is 12.1 Å². The molecule has 1 amide bonds. The van der Waals surface area contributed by atoms with Crippen LogP contribution in [0, 0.1) is 11.6 Å². The molecule has 0 aliphatic carbocycles. The number of aliphatic hydroxyl groups excluding tert-OH is 1. The Bertz CT molecular complexity index is 1470. The van der Waals surface area contributed by atoms with Gasteiger partial charge in [-0.3, -0.25) is 14.8 Å². The lowest BCUT2D eigenvalue weighted by atomic mass is 10.1. The van der Waals surface area contributed by atoms with Gasteiger partial charge in [0.2, 0.25) is 5.91 Å². The summed E-state index contributed by atoms with van der Waals surface area (Å²) in [6, 6.07) is 8.62. The van der Waals surface area contributed by atoms with Crippen molar-refractivity contribution in [2.75, 3.05) is 44.9 Å². The fourth-order valence-corrected chi connectivity index (χ4v) is 4.29. The summed E-state index contributed by atoms with van der Waals surface area (Å²) < 4.78 is 41.0. The Morgan fingerprint density at radius 1 is 1.15 bits per heavy atom. The monoisotopic (exact) mass is 555 g/mol. The topological polar surface area (TPSA) is 143 Å². The largest absolute Gasteiger partial charge is 0.493 e. The van der Waals surface area contributed by atoms with Gasteiger partial charge in [0, 0.05) is 36.3 Å². The highest BCUT2D eigenvalue weighted by molar-refractivity contribution is 5.96. The lowest BCUT2D eigenvalue weighted by molar-refractivity contribution is -0.117. The van der Waals surface area contributed by atoms with Gasteiger partial charge in [-0.1, -0.05) is 13.0 Å². The summed E-state index contributed by atoms with van der Waals surface area (Å²) in [5.41, 5.74) is 6.00. The van der Waals surface area contributed by atoms with Gasteiger partial charge in [-0.2, -0.15) is 5.10 Å². The lowest BCUT2D eigenvalue weighted by Crippen LogP contribution is -2.28. The zero-order chi connectivity index (χ0) is 28.6.